The number of halogens is 2. The van der Waals surface area contributed by atoms with Crippen molar-refractivity contribution in [2.75, 3.05) is 11.1 Å². The Labute approximate surface area is 115 Å². The van der Waals surface area contributed by atoms with Crippen LogP contribution in [0, 0.1) is 5.82 Å². The van der Waals surface area contributed by atoms with E-state index in [0.29, 0.717) is 0 Å². The number of anilines is 1. The Morgan fingerprint density at radius 1 is 1.33 bits per heavy atom. The minimum Gasteiger partial charge on any atom is -0.335 e. The maximum absolute atomic E-state index is 13.1. The Morgan fingerprint density at radius 2 is 2.11 bits per heavy atom. The number of hydrogen-bond acceptors (Lipinski definition) is 3. The first-order chi connectivity index (χ1) is 8.67. The van der Waals surface area contributed by atoms with Crippen LogP contribution in [0.25, 0.3) is 0 Å². The average Bonchev–Trinajstić information content (AvgIpc) is 2.96. The summed E-state index contributed by atoms with van der Waals surface area (Å²) in [6.45, 7) is 0. The van der Waals surface area contributed by atoms with E-state index in [1.165, 1.54) is 31.7 Å². The first-order valence-corrected chi connectivity index (χ1v) is 7.48. The van der Waals surface area contributed by atoms with Gasteiger partial charge in [-0.25, -0.2) is 4.39 Å². The second kappa shape index (κ2) is 4.74. The van der Waals surface area contributed by atoms with Crippen molar-refractivity contribution in [3.8, 4) is 0 Å². The third kappa shape index (κ3) is 2.36. The van der Waals surface area contributed by atoms with Crippen molar-refractivity contribution in [2.24, 2.45) is 4.99 Å². The molecule has 2 aliphatic rings. The van der Waals surface area contributed by atoms with Gasteiger partial charge >= 0.3 is 0 Å². The highest BCUT2D eigenvalue weighted by atomic mass is 35.5. The summed E-state index contributed by atoms with van der Waals surface area (Å²) in [6.07, 6.45) is 4.93. The Balaban J connectivity index is 1.75. The van der Waals surface area contributed by atoms with Gasteiger partial charge in [0.05, 0.1) is 10.6 Å². The number of benzene rings is 1. The highest BCUT2D eigenvalue weighted by molar-refractivity contribution is 8.14. The van der Waals surface area contributed by atoms with Crippen LogP contribution >= 0.6 is 23.4 Å². The highest BCUT2D eigenvalue weighted by Crippen LogP contribution is 2.41. The van der Waals surface area contributed by atoms with Crippen LogP contribution in [0.5, 0.6) is 0 Å². The molecular weight excluding hydrogens is 271 g/mol. The molecule has 1 aliphatic heterocycles. The maximum Gasteiger partial charge on any atom is 0.161 e. The van der Waals surface area contributed by atoms with E-state index >= 15 is 0 Å². The first kappa shape index (κ1) is 12.3. The predicted molar refractivity (Wildman–Crippen MR) is 76.1 cm³/mol. The molecule has 1 aliphatic carbocycles. The fourth-order valence-corrected chi connectivity index (χ4v) is 3.92. The summed E-state index contributed by atoms with van der Waals surface area (Å²) in [7, 11) is 0. The van der Waals surface area contributed by atoms with E-state index in [-0.39, 0.29) is 10.6 Å². The van der Waals surface area contributed by atoms with Crippen molar-refractivity contribution in [1.29, 1.82) is 0 Å². The number of aliphatic imine (C=N–C) groups is 1. The summed E-state index contributed by atoms with van der Waals surface area (Å²) < 4.78 is 13.1. The lowest BCUT2D eigenvalue weighted by Gasteiger charge is -2.16. The van der Waals surface area contributed by atoms with Gasteiger partial charge < -0.3 is 5.32 Å². The Morgan fingerprint density at radius 3 is 2.83 bits per heavy atom. The lowest BCUT2D eigenvalue weighted by molar-refractivity contribution is 0.508. The van der Waals surface area contributed by atoms with Crippen LogP contribution < -0.4 is 5.32 Å². The standard InChI is InChI=1S/C13H14ClFN2S/c14-10-7-9(3-4-11(10)15)16-12-17-13(8-18-12)5-1-2-6-13/h3-4,7H,1-2,5-6,8H2,(H,16,17). The molecule has 1 aromatic carbocycles. The van der Waals surface area contributed by atoms with E-state index < -0.39 is 5.82 Å². The van der Waals surface area contributed by atoms with Gasteiger partial charge in [0.1, 0.15) is 5.82 Å². The molecule has 5 heteroatoms. The number of nitrogens with one attached hydrogen (secondary N) is 1. The molecule has 1 heterocycles. The lowest BCUT2D eigenvalue weighted by Crippen LogP contribution is -2.21. The minimum absolute atomic E-state index is 0.138. The number of rotatable bonds is 1. The quantitative estimate of drug-likeness (QED) is 0.831. The zero-order valence-corrected chi connectivity index (χ0v) is 11.5. The second-order valence-corrected chi connectivity index (χ2v) is 6.26. The van der Waals surface area contributed by atoms with Crippen LogP contribution in [0.3, 0.4) is 0 Å². The van der Waals surface area contributed by atoms with Gasteiger partial charge in [-0.1, -0.05) is 36.2 Å². The molecule has 1 aromatic rings. The van der Waals surface area contributed by atoms with Crippen molar-refractivity contribution in [2.45, 2.75) is 31.2 Å². The summed E-state index contributed by atoms with van der Waals surface area (Å²) in [4.78, 5) is 4.80. The minimum atomic E-state index is -0.393. The van der Waals surface area contributed by atoms with Gasteiger partial charge in [0.25, 0.3) is 0 Å². The Kier molecular flexibility index (Phi) is 3.24. The molecular formula is C13H14ClFN2S. The summed E-state index contributed by atoms with van der Waals surface area (Å²) in [6, 6.07) is 4.65. The van der Waals surface area contributed by atoms with Gasteiger partial charge in [0, 0.05) is 11.4 Å². The smallest absolute Gasteiger partial charge is 0.161 e. The molecule has 1 N–H and O–H groups in total. The van der Waals surface area contributed by atoms with Crippen LogP contribution in [0.15, 0.2) is 23.2 Å². The third-order valence-electron chi connectivity index (χ3n) is 3.52. The fraction of sp³-hybridized carbons (Fsp3) is 0.462. The molecule has 0 bridgehead atoms. The zero-order valence-electron chi connectivity index (χ0n) is 9.88. The van der Waals surface area contributed by atoms with Gasteiger partial charge in [0.15, 0.2) is 5.17 Å². The normalized spacial score (nSPS) is 21.3. The highest BCUT2D eigenvalue weighted by Gasteiger charge is 2.38. The molecule has 0 radical (unpaired) electrons. The predicted octanol–water partition coefficient (Wildman–Crippen LogP) is 4.31. The first-order valence-electron chi connectivity index (χ1n) is 6.12. The van der Waals surface area contributed by atoms with Gasteiger partial charge in [-0.15, -0.1) is 0 Å². The van der Waals surface area contributed by atoms with E-state index in [4.69, 9.17) is 16.6 Å². The van der Waals surface area contributed by atoms with Crippen molar-refractivity contribution >= 4 is 34.2 Å². The Hall–Kier alpha value is -0.740. The summed E-state index contributed by atoms with van der Waals surface area (Å²) in [5.74, 6) is 0.667. The lowest BCUT2D eigenvalue weighted by atomic mass is 10.0. The zero-order chi connectivity index (χ0) is 12.6. The van der Waals surface area contributed by atoms with Crippen LogP contribution in [-0.2, 0) is 0 Å². The van der Waals surface area contributed by atoms with Gasteiger partial charge in [-0.3, -0.25) is 4.99 Å². The molecule has 0 atom stereocenters. The monoisotopic (exact) mass is 284 g/mol. The number of amidine groups is 1. The number of thioether (sulfide) groups is 1. The van der Waals surface area contributed by atoms with Crippen molar-refractivity contribution in [3.63, 3.8) is 0 Å². The topological polar surface area (TPSA) is 24.4 Å². The van der Waals surface area contributed by atoms with E-state index in [1.54, 1.807) is 23.9 Å². The van der Waals surface area contributed by atoms with E-state index in [0.717, 1.165) is 16.6 Å². The maximum atomic E-state index is 13.1. The van der Waals surface area contributed by atoms with Crippen molar-refractivity contribution in [1.82, 2.24) is 0 Å². The number of hydrogen-bond donors (Lipinski definition) is 1. The average molecular weight is 285 g/mol. The van der Waals surface area contributed by atoms with Crippen LogP contribution in [0.2, 0.25) is 5.02 Å². The molecule has 0 aromatic heterocycles. The molecule has 96 valence electrons. The molecule has 1 fully saturated rings. The largest absolute Gasteiger partial charge is 0.335 e. The molecule has 1 spiro atoms. The molecule has 0 amide bonds. The van der Waals surface area contributed by atoms with Crippen molar-refractivity contribution in [3.05, 3.63) is 29.0 Å². The van der Waals surface area contributed by atoms with E-state index in [9.17, 15) is 4.39 Å². The van der Waals surface area contributed by atoms with Crippen LogP contribution in [0.1, 0.15) is 25.7 Å². The fourth-order valence-electron chi connectivity index (χ4n) is 2.53. The van der Waals surface area contributed by atoms with Crippen LogP contribution in [0.4, 0.5) is 10.1 Å². The van der Waals surface area contributed by atoms with Crippen LogP contribution in [-0.4, -0.2) is 16.5 Å². The molecule has 3 rings (SSSR count). The van der Waals surface area contributed by atoms with Gasteiger partial charge in [-0.2, -0.15) is 0 Å². The van der Waals surface area contributed by atoms with Gasteiger partial charge in [0.2, 0.25) is 0 Å². The number of nitrogens with zero attached hydrogens (tertiary/aromatic N) is 1. The summed E-state index contributed by atoms with van der Waals surface area (Å²) in [5.41, 5.74) is 0.958. The van der Waals surface area contributed by atoms with E-state index in [1.807, 2.05) is 0 Å². The summed E-state index contributed by atoms with van der Waals surface area (Å²) >= 11 is 7.50. The molecule has 18 heavy (non-hydrogen) atoms. The second-order valence-electron chi connectivity index (χ2n) is 4.89. The van der Waals surface area contributed by atoms with Crippen molar-refractivity contribution < 1.29 is 4.39 Å². The molecule has 1 saturated carbocycles. The molecule has 0 saturated heterocycles. The SMILES string of the molecule is Fc1ccc(NC2=NC3(CCCC3)CS2)cc1Cl. The third-order valence-corrected chi connectivity index (χ3v) is 4.96. The Bertz CT molecular complexity index is 498. The summed E-state index contributed by atoms with van der Waals surface area (Å²) in [5, 5.41) is 4.29. The van der Waals surface area contributed by atoms with Gasteiger partial charge in [-0.05, 0) is 31.0 Å². The molecule has 2 nitrogen and oxygen atoms in total. The van der Waals surface area contributed by atoms with E-state index in [2.05, 4.69) is 5.32 Å². The molecule has 0 unspecified atom stereocenters.